The van der Waals surface area contributed by atoms with E-state index in [0.29, 0.717) is 11.7 Å². The van der Waals surface area contributed by atoms with Gasteiger partial charge in [-0.3, -0.25) is 4.79 Å². The Hall–Kier alpha value is -2.84. The number of piperidine rings is 1. The monoisotopic (exact) mass is 408 g/mol. The van der Waals surface area contributed by atoms with E-state index in [4.69, 9.17) is 4.74 Å². The highest BCUT2D eigenvalue weighted by atomic mass is 19.4. The maximum absolute atomic E-state index is 12.6. The first-order chi connectivity index (χ1) is 13.8. The summed E-state index contributed by atoms with van der Waals surface area (Å²) in [4.78, 5) is 23.0. The van der Waals surface area contributed by atoms with Gasteiger partial charge in [0, 0.05) is 24.7 Å². The van der Waals surface area contributed by atoms with E-state index in [2.05, 4.69) is 20.2 Å². The predicted octanol–water partition coefficient (Wildman–Crippen LogP) is 3.60. The molecule has 3 rings (SSSR count). The van der Waals surface area contributed by atoms with E-state index in [-0.39, 0.29) is 18.7 Å². The molecule has 1 fully saturated rings. The zero-order valence-corrected chi connectivity index (χ0v) is 16.1. The minimum Gasteiger partial charge on any atom is -0.476 e. The number of alkyl halides is 3. The molecule has 0 bridgehead atoms. The Morgan fingerprint density at radius 3 is 2.48 bits per heavy atom. The van der Waals surface area contributed by atoms with Crippen LogP contribution >= 0.6 is 0 Å². The topological polar surface area (TPSA) is 67.3 Å². The van der Waals surface area contributed by atoms with Crippen molar-refractivity contribution in [2.75, 3.05) is 31.1 Å². The summed E-state index contributed by atoms with van der Waals surface area (Å²) in [5, 5.41) is 2.62. The van der Waals surface area contributed by atoms with Crippen molar-refractivity contribution in [2.45, 2.75) is 32.4 Å². The van der Waals surface area contributed by atoms with Gasteiger partial charge in [0.1, 0.15) is 18.2 Å². The Balaban J connectivity index is 1.50. The molecular weight excluding hydrogens is 385 g/mol. The Morgan fingerprint density at radius 2 is 1.83 bits per heavy atom. The summed E-state index contributed by atoms with van der Waals surface area (Å²) in [5.41, 5.74) is -0.635. The number of nitrogens with zero attached hydrogens (tertiary/aromatic N) is 3. The third-order valence-corrected chi connectivity index (χ3v) is 4.59. The van der Waals surface area contributed by atoms with Crippen LogP contribution in [0, 0.1) is 6.92 Å². The number of halogens is 3. The van der Waals surface area contributed by atoms with Crippen LogP contribution in [0.5, 0.6) is 5.88 Å². The van der Waals surface area contributed by atoms with Gasteiger partial charge in [0.25, 0.3) is 5.91 Å². The van der Waals surface area contributed by atoms with Crippen LogP contribution in [0.2, 0.25) is 0 Å². The molecule has 1 aliphatic heterocycles. The summed E-state index contributed by atoms with van der Waals surface area (Å²) < 4.78 is 43.4. The zero-order valence-electron chi connectivity index (χ0n) is 16.1. The smallest absolute Gasteiger partial charge is 0.416 e. The fraction of sp³-hybridized carbons (Fsp3) is 0.450. The number of aromatic nitrogens is 2. The van der Waals surface area contributed by atoms with Crippen LogP contribution in [-0.4, -0.2) is 42.1 Å². The van der Waals surface area contributed by atoms with Crippen LogP contribution in [-0.2, 0) is 6.18 Å². The second-order valence-corrected chi connectivity index (χ2v) is 6.84. The summed E-state index contributed by atoms with van der Waals surface area (Å²) in [6, 6.07) is 5.86. The minimum absolute atomic E-state index is 0.156. The Labute approximate surface area is 167 Å². The van der Waals surface area contributed by atoms with Gasteiger partial charge in [-0.15, -0.1) is 0 Å². The van der Waals surface area contributed by atoms with Gasteiger partial charge < -0.3 is 15.0 Å². The van der Waals surface area contributed by atoms with Gasteiger partial charge in [0.05, 0.1) is 12.1 Å². The molecule has 0 radical (unpaired) electrons. The Kier molecular flexibility index (Phi) is 6.56. The van der Waals surface area contributed by atoms with E-state index in [0.717, 1.165) is 56.0 Å². The van der Waals surface area contributed by atoms with Crippen molar-refractivity contribution in [2.24, 2.45) is 0 Å². The van der Waals surface area contributed by atoms with Crippen molar-refractivity contribution < 1.29 is 22.7 Å². The fourth-order valence-electron chi connectivity index (χ4n) is 3.12. The second kappa shape index (κ2) is 9.11. The molecule has 0 aliphatic carbocycles. The molecule has 1 aromatic heterocycles. The first-order valence-corrected chi connectivity index (χ1v) is 9.52. The molecule has 156 valence electrons. The van der Waals surface area contributed by atoms with Crippen molar-refractivity contribution in [3.05, 3.63) is 47.3 Å². The number of carbonyl (C=O) groups excluding carboxylic acids is 1. The normalized spacial score (nSPS) is 14.6. The lowest BCUT2D eigenvalue weighted by Gasteiger charge is -2.28. The highest BCUT2D eigenvalue weighted by Gasteiger charge is 2.30. The quantitative estimate of drug-likeness (QED) is 0.740. The molecule has 0 spiro atoms. The largest absolute Gasteiger partial charge is 0.476 e. The maximum atomic E-state index is 12.6. The number of amides is 1. The van der Waals surface area contributed by atoms with E-state index >= 15 is 0 Å². The fourth-order valence-corrected chi connectivity index (χ4v) is 3.12. The lowest BCUT2D eigenvalue weighted by Crippen LogP contribution is -2.30. The van der Waals surface area contributed by atoms with Crippen LogP contribution in [0.3, 0.4) is 0 Å². The molecule has 2 aromatic rings. The molecule has 0 atom stereocenters. The number of rotatable bonds is 6. The van der Waals surface area contributed by atoms with Gasteiger partial charge in [-0.25, -0.2) is 4.98 Å². The average Bonchev–Trinajstić information content (AvgIpc) is 2.71. The van der Waals surface area contributed by atoms with Crippen molar-refractivity contribution in [3.63, 3.8) is 0 Å². The molecule has 0 saturated carbocycles. The molecule has 1 amide bonds. The summed E-state index contributed by atoms with van der Waals surface area (Å²) in [5.74, 6) is 1.41. The highest BCUT2D eigenvalue weighted by molar-refractivity contribution is 5.94. The molecule has 1 saturated heterocycles. The van der Waals surface area contributed by atoms with Gasteiger partial charge in [0.2, 0.25) is 5.88 Å². The molecule has 9 heteroatoms. The van der Waals surface area contributed by atoms with E-state index in [1.165, 1.54) is 6.42 Å². The second-order valence-electron chi connectivity index (χ2n) is 6.84. The summed E-state index contributed by atoms with van der Waals surface area (Å²) in [6.07, 6.45) is -0.932. The van der Waals surface area contributed by atoms with Crippen LogP contribution in [0.1, 0.15) is 41.0 Å². The van der Waals surface area contributed by atoms with E-state index in [1.54, 1.807) is 13.0 Å². The third-order valence-electron chi connectivity index (χ3n) is 4.59. The molecule has 6 nitrogen and oxygen atoms in total. The predicted molar refractivity (Wildman–Crippen MR) is 102 cm³/mol. The molecule has 0 unspecified atom stereocenters. The maximum Gasteiger partial charge on any atom is 0.416 e. The standard InChI is InChI=1S/C20H23F3N4O2/c1-14-25-17(27-10-3-2-4-11-27)13-18(26-14)29-12-9-24-19(28)15-5-7-16(8-6-15)20(21,22)23/h5-8,13H,2-4,9-12H2,1H3,(H,24,28). The number of carbonyl (C=O) groups is 1. The van der Waals surface area contributed by atoms with Crippen LogP contribution in [0.15, 0.2) is 30.3 Å². The minimum atomic E-state index is -4.43. The van der Waals surface area contributed by atoms with Gasteiger partial charge in [-0.05, 0) is 50.5 Å². The van der Waals surface area contributed by atoms with Crippen molar-refractivity contribution in [1.82, 2.24) is 15.3 Å². The number of nitrogens with one attached hydrogen (secondary N) is 1. The van der Waals surface area contributed by atoms with E-state index in [1.807, 2.05) is 0 Å². The molecule has 1 aromatic carbocycles. The summed E-state index contributed by atoms with van der Waals surface area (Å²) in [6.45, 7) is 4.09. The number of ether oxygens (including phenoxy) is 1. The third kappa shape index (κ3) is 5.82. The van der Waals surface area contributed by atoms with Gasteiger partial charge in [-0.2, -0.15) is 18.2 Å². The Bertz CT molecular complexity index is 835. The molecular formula is C20H23F3N4O2. The number of aryl methyl sites for hydroxylation is 1. The number of anilines is 1. The average molecular weight is 408 g/mol. The van der Waals surface area contributed by atoms with Crippen LogP contribution in [0.25, 0.3) is 0 Å². The molecule has 1 aliphatic rings. The van der Waals surface area contributed by atoms with E-state index in [9.17, 15) is 18.0 Å². The SMILES string of the molecule is Cc1nc(OCCNC(=O)c2ccc(C(F)(F)F)cc2)cc(N2CCCCC2)n1. The highest BCUT2D eigenvalue weighted by Crippen LogP contribution is 2.29. The molecule has 2 heterocycles. The summed E-state index contributed by atoms with van der Waals surface area (Å²) >= 11 is 0. The molecule has 29 heavy (non-hydrogen) atoms. The molecule has 1 N–H and O–H groups in total. The van der Waals surface area contributed by atoms with Gasteiger partial charge in [0.15, 0.2) is 0 Å². The number of hydrogen-bond donors (Lipinski definition) is 1. The van der Waals surface area contributed by atoms with Gasteiger partial charge in [-0.1, -0.05) is 0 Å². The van der Waals surface area contributed by atoms with Crippen LogP contribution < -0.4 is 15.0 Å². The van der Waals surface area contributed by atoms with Crippen molar-refractivity contribution in [3.8, 4) is 5.88 Å². The van der Waals surface area contributed by atoms with Gasteiger partial charge >= 0.3 is 6.18 Å². The lowest BCUT2D eigenvalue weighted by atomic mass is 10.1. The number of hydrogen-bond acceptors (Lipinski definition) is 5. The number of benzene rings is 1. The Morgan fingerprint density at radius 1 is 1.14 bits per heavy atom. The van der Waals surface area contributed by atoms with Crippen LogP contribution in [0.4, 0.5) is 19.0 Å². The zero-order chi connectivity index (χ0) is 20.9. The van der Waals surface area contributed by atoms with Crippen molar-refractivity contribution >= 4 is 11.7 Å². The first-order valence-electron chi connectivity index (χ1n) is 9.52. The summed E-state index contributed by atoms with van der Waals surface area (Å²) in [7, 11) is 0. The van der Waals surface area contributed by atoms with Crippen molar-refractivity contribution in [1.29, 1.82) is 0 Å². The van der Waals surface area contributed by atoms with E-state index < -0.39 is 17.6 Å². The first kappa shape index (κ1) is 20.9. The lowest BCUT2D eigenvalue weighted by molar-refractivity contribution is -0.137.